The van der Waals surface area contributed by atoms with Crippen molar-refractivity contribution in [2.24, 2.45) is 0 Å². The molecule has 1 N–H and O–H groups in total. The fourth-order valence-corrected chi connectivity index (χ4v) is 1.45. The lowest BCUT2D eigenvalue weighted by atomic mass is 10.1. The Morgan fingerprint density at radius 1 is 1.38 bits per heavy atom. The molecule has 0 bridgehead atoms. The Balaban J connectivity index is 2.53. The minimum Gasteiger partial charge on any atom is -0.479 e. The number of hydrogen-bond donors (Lipinski definition) is 1. The topological polar surface area (TPSA) is 45.0 Å². The molecule has 1 aromatic carbocycles. The van der Waals surface area contributed by atoms with E-state index < -0.39 is 0 Å². The molecule has 3 nitrogen and oxygen atoms in total. The summed E-state index contributed by atoms with van der Waals surface area (Å²) in [5.74, 6) is 0.744. The summed E-state index contributed by atoms with van der Waals surface area (Å²) in [6.07, 6.45) is 1.13. The molecule has 86 valence electrons. The zero-order valence-corrected chi connectivity index (χ0v) is 9.86. The Labute approximate surface area is 97.0 Å². The van der Waals surface area contributed by atoms with Gasteiger partial charge in [-0.2, -0.15) is 5.26 Å². The highest BCUT2D eigenvalue weighted by Crippen LogP contribution is 2.17. The summed E-state index contributed by atoms with van der Waals surface area (Å²) in [5.41, 5.74) is 1.23. The fourth-order valence-electron chi connectivity index (χ4n) is 1.45. The van der Waals surface area contributed by atoms with Crippen LogP contribution in [0.15, 0.2) is 24.3 Å². The zero-order chi connectivity index (χ0) is 11.8. The number of hydrogen-bond acceptors (Lipinski definition) is 3. The van der Waals surface area contributed by atoms with Gasteiger partial charge in [-0.1, -0.05) is 19.1 Å². The molecule has 3 heteroatoms. The minimum atomic E-state index is 0.100. The highest BCUT2D eigenvalue weighted by atomic mass is 16.5. The van der Waals surface area contributed by atoms with E-state index in [-0.39, 0.29) is 6.61 Å². The predicted octanol–water partition coefficient (Wildman–Crippen LogP) is 2.65. The Bertz CT molecular complexity index is 340. The molecule has 0 saturated carbocycles. The minimum absolute atomic E-state index is 0.100. The molecule has 16 heavy (non-hydrogen) atoms. The molecule has 1 unspecified atom stereocenters. The summed E-state index contributed by atoms with van der Waals surface area (Å²) in [7, 11) is 0. The standard InChI is InChI=1S/C13H18N2O/c1-3-9-15-11(2)12-4-6-13(7-5-12)16-10-8-14/h4-7,11,15H,3,9-10H2,1-2H3. The Hall–Kier alpha value is -1.53. The van der Waals surface area contributed by atoms with Crippen molar-refractivity contribution in [1.29, 1.82) is 5.26 Å². The van der Waals surface area contributed by atoms with Crippen LogP contribution in [-0.4, -0.2) is 13.2 Å². The van der Waals surface area contributed by atoms with Crippen LogP contribution < -0.4 is 10.1 Å². The molecule has 1 aromatic rings. The average Bonchev–Trinajstić information content (AvgIpc) is 2.34. The molecule has 0 aliphatic carbocycles. The van der Waals surface area contributed by atoms with Crippen molar-refractivity contribution in [1.82, 2.24) is 5.32 Å². The van der Waals surface area contributed by atoms with Gasteiger partial charge in [-0.3, -0.25) is 0 Å². The highest BCUT2D eigenvalue weighted by molar-refractivity contribution is 5.29. The second-order valence-electron chi connectivity index (χ2n) is 3.69. The molecule has 0 aliphatic heterocycles. The molecule has 1 rings (SSSR count). The van der Waals surface area contributed by atoms with E-state index in [4.69, 9.17) is 10.00 Å². The molecule has 0 saturated heterocycles. The number of nitrogens with zero attached hydrogens (tertiary/aromatic N) is 1. The van der Waals surface area contributed by atoms with Gasteiger partial charge >= 0.3 is 0 Å². The summed E-state index contributed by atoms with van der Waals surface area (Å²) >= 11 is 0. The maximum absolute atomic E-state index is 8.38. The van der Waals surface area contributed by atoms with E-state index >= 15 is 0 Å². The van der Waals surface area contributed by atoms with Gasteiger partial charge in [-0.05, 0) is 37.6 Å². The van der Waals surface area contributed by atoms with E-state index in [1.54, 1.807) is 0 Å². The number of benzene rings is 1. The van der Waals surface area contributed by atoms with E-state index in [2.05, 4.69) is 19.2 Å². The second kappa shape index (κ2) is 6.86. The highest BCUT2D eigenvalue weighted by Gasteiger charge is 2.03. The van der Waals surface area contributed by atoms with E-state index in [0.29, 0.717) is 6.04 Å². The van der Waals surface area contributed by atoms with Crippen molar-refractivity contribution >= 4 is 0 Å². The van der Waals surface area contributed by atoms with E-state index in [9.17, 15) is 0 Å². The first-order valence-corrected chi connectivity index (χ1v) is 5.61. The third-order valence-electron chi connectivity index (χ3n) is 2.38. The van der Waals surface area contributed by atoms with Crippen LogP contribution in [0.3, 0.4) is 0 Å². The van der Waals surface area contributed by atoms with Crippen LogP contribution >= 0.6 is 0 Å². The summed E-state index contributed by atoms with van der Waals surface area (Å²) < 4.78 is 5.19. The summed E-state index contributed by atoms with van der Waals surface area (Å²) in [5, 5.41) is 11.8. The lowest BCUT2D eigenvalue weighted by Gasteiger charge is -2.13. The Kier molecular flexibility index (Phi) is 5.38. The Morgan fingerprint density at radius 3 is 2.62 bits per heavy atom. The SMILES string of the molecule is CCCNC(C)c1ccc(OCC#N)cc1. The molecule has 0 aliphatic rings. The van der Waals surface area contributed by atoms with Gasteiger partial charge in [-0.15, -0.1) is 0 Å². The molecule has 0 aromatic heterocycles. The largest absolute Gasteiger partial charge is 0.479 e. The maximum Gasteiger partial charge on any atom is 0.174 e. The number of ether oxygens (including phenoxy) is 1. The van der Waals surface area contributed by atoms with Gasteiger partial charge in [0.15, 0.2) is 6.61 Å². The molecule has 0 spiro atoms. The third-order valence-corrected chi connectivity index (χ3v) is 2.38. The predicted molar refractivity (Wildman–Crippen MR) is 64.3 cm³/mol. The van der Waals surface area contributed by atoms with Crippen LogP contribution in [0.25, 0.3) is 0 Å². The van der Waals surface area contributed by atoms with Crippen molar-refractivity contribution in [3.63, 3.8) is 0 Å². The monoisotopic (exact) mass is 218 g/mol. The third kappa shape index (κ3) is 3.92. The molecular formula is C13H18N2O. The fraction of sp³-hybridized carbons (Fsp3) is 0.462. The number of nitriles is 1. The smallest absolute Gasteiger partial charge is 0.174 e. The van der Waals surface area contributed by atoms with E-state index in [1.165, 1.54) is 5.56 Å². The molecule has 0 radical (unpaired) electrons. The van der Waals surface area contributed by atoms with Crippen molar-refractivity contribution in [3.8, 4) is 11.8 Å². The van der Waals surface area contributed by atoms with Gasteiger partial charge in [0.25, 0.3) is 0 Å². The Morgan fingerprint density at radius 2 is 2.06 bits per heavy atom. The van der Waals surface area contributed by atoms with Crippen LogP contribution in [0.2, 0.25) is 0 Å². The van der Waals surface area contributed by atoms with Gasteiger partial charge < -0.3 is 10.1 Å². The quantitative estimate of drug-likeness (QED) is 0.798. The number of rotatable bonds is 6. The van der Waals surface area contributed by atoms with Gasteiger partial charge in [0.1, 0.15) is 11.8 Å². The molecular weight excluding hydrogens is 200 g/mol. The van der Waals surface area contributed by atoms with E-state index in [1.807, 2.05) is 30.3 Å². The van der Waals surface area contributed by atoms with Crippen LogP contribution in [0, 0.1) is 11.3 Å². The average molecular weight is 218 g/mol. The molecule has 0 fully saturated rings. The first kappa shape index (κ1) is 12.5. The molecule has 0 heterocycles. The second-order valence-corrected chi connectivity index (χ2v) is 3.69. The van der Waals surface area contributed by atoms with Crippen molar-refractivity contribution in [2.45, 2.75) is 26.3 Å². The lowest BCUT2D eigenvalue weighted by Crippen LogP contribution is -2.19. The van der Waals surface area contributed by atoms with E-state index in [0.717, 1.165) is 18.7 Å². The first-order valence-electron chi connectivity index (χ1n) is 5.61. The number of nitrogens with one attached hydrogen (secondary N) is 1. The zero-order valence-electron chi connectivity index (χ0n) is 9.86. The van der Waals surface area contributed by atoms with Crippen molar-refractivity contribution in [3.05, 3.63) is 29.8 Å². The van der Waals surface area contributed by atoms with Crippen LogP contribution in [0.5, 0.6) is 5.75 Å². The van der Waals surface area contributed by atoms with Crippen molar-refractivity contribution in [2.75, 3.05) is 13.2 Å². The van der Waals surface area contributed by atoms with Crippen LogP contribution in [0.4, 0.5) is 0 Å². The molecule has 1 atom stereocenters. The summed E-state index contributed by atoms with van der Waals surface area (Å²) in [6, 6.07) is 10.2. The van der Waals surface area contributed by atoms with Crippen LogP contribution in [0.1, 0.15) is 31.9 Å². The van der Waals surface area contributed by atoms with Gasteiger partial charge in [0.2, 0.25) is 0 Å². The summed E-state index contributed by atoms with van der Waals surface area (Å²) in [6.45, 7) is 5.41. The molecule has 0 amide bonds. The summed E-state index contributed by atoms with van der Waals surface area (Å²) in [4.78, 5) is 0. The van der Waals surface area contributed by atoms with Crippen molar-refractivity contribution < 1.29 is 4.74 Å². The maximum atomic E-state index is 8.38. The lowest BCUT2D eigenvalue weighted by molar-refractivity contribution is 0.368. The van der Waals surface area contributed by atoms with Gasteiger partial charge in [0, 0.05) is 6.04 Å². The van der Waals surface area contributed by atoms with Crippen LogP contribution in [-0.2, 0) is 0 Å². The first-order chi connectivity index (χ1) is 7.77. The van der Waals surface area contributed by atoms with Gasteiger partial charge in [0.05, 0.1) is 0 Å². The normalized spacial score (nSPS) is 11.8. The van der Waals surface area contributed by atoms with Gasteiger partial charge in [-0.25, -0.2) is 0 Å².